The van der Waals surface area contributed by atoms with Crippen molar-refractivity contribution in [2.75, 3.05) is 13.2 Å². The molecule has 1 aliphatic rings. The van der Waals surface area contributed by atoms with Gasteiger partial charge in [0.2, 0.25) is 11.8 Å². The predicted octanol–water partition coefficient (Wildman–Crippen LogP) is 2.10. The number of piperazine rings is 1. The van der Waals surface area contributed by atoms with Gasteiger partial charge in [0, 0.05) is 6.54 Å². The van der Waals surface area contributed by atoms with Crippen LogP contribution in [0.25, 0.3) is 0 Å². The van der Waals surface area contributed by atoms with Gasteiger partial charge in [-0.15, -0.1) is 0 Å². The van der Waals surface area contributed by atoms with Crippen molar-refractivity contribution in [1.29, 1.82) is 0 Å². The molecule has 0 bridgehead atoms. The minimum absolute atomic E-state index is 0.0225. The number of hydrogen-bond acceptors (Lipinski definition) is 3. The monoisotopic (exact) mass is 298 g/mol. The number of nitrogens with one attached hydrogen (secondary N) is 1. The maximum atomic E-state index is 12.6. The van der Waals surface area contributed by atoms with Crippen molar-refractivity contribution in [3.05, 3.63) is 0 Å². The van der Waals surface area contributed by atoms with E-state index >= 15 is 0 Å². The van der Waals surface area contributed by atoms with Crippen LogP contribution in [0.5, 0.6) is 0 Å². The lowest BCUT2D eigenvalue weighted by atomic mass is 10.0. The van der Waals surface area contributed by atoms with Crippen molar-refractivity contribution in [3.8, 4) is 0 Å². The molecule has 2 amide bonds. The van der Waals surface area contributed by atoms with Gasteiger partial charge < -0.3 is 15.0 Å². The van der Waals surface area contributed by atoms with Gasteiger partial charge in [0.05, 0.1) is 12.2 Å². The highest BCUT2D eigenvalue weighted by atomic mass is 16.5. The van der Waals surface area contributed by atoms with Crippen molar-refractivity contribution in [1.82, 2.24) is 10.2 Å². The zero-order valence-corrected chi connectivity index (χ0v) is 14.1. The van der Waals surface area contributed by atoms with Gasteiger partial charge in [-0.2, -0.15) is 0 Å². The van der Waals surface area contributed by atoms with Crippen LogP contribution in [0.3, 0.4) is 0 Å². The Morgan fingerprint density at radius 1 is 1.14 bits per heavy atom. The number of carbonyl (C=O) groups excluding carboxylic acids is 2. The molecule has 0 aromatic rings. The molecule has 0 spiro atoms. The van der Waals surface area contributed by atoms with Gasteiger partial charge >= 0.3 is 0 Å². The molecule has 1 heterocycles. The van der Waals surface area contributed by atoms with Gasteiger partial charge in [0.1, 0.15) is 12.1 Å². The van der Waals surface area contributed by atoms with Crippen molar-refractivity contribution in [2.45, 2.75) is 78.0 Å². The second kappa shape index (κ2) is 7.78. The maximum Gasteiger partial charge on any atom is 0.245 e. The molecule has 2 atom stereocenters. The molecule has 0 saturated carbocycles. The van der Waals surface area contributed by atoms with E-state index in [1.165, 1.54) is 0 Å². The van der Waals surface area contributed by atoms with Gasteiger partial charge in [0.25, 0.3) is 0 Å². The molecular weight excluding hydrogens is 268 g/mol. The first-order valence-electron chi connectivity index (χ1n) is 8.05. The molecule has 0 aromatic carbocycles. The maximum absolute atomic E-state index is 12.6. The Balaban J connectivity index is 2.74. The third-order valence-electron chi connectivity index (χ3n) is 3.58. The summed E-state index contributed by atoms with van der Waals surface area (Å²) >= 11 is 0. The molecule has 5 nitrogen and oxygen atoms in total. The molecule has 0 aromatic heterocycles. The molecule has 1 aliphatic heterocycles. The number of carbonyl (C=O) groups is 2. The van der Waals surface area contributed by atoms with E-state index in [-0.39, 0.29) is 29.5 Å². The standard InChI is InChI=1S/C16H30N2O3/c1-6-8-12-15(20)18(10-11-21-16(3,4)5)13(9-7-2)14(19)17-12/h12-13H,6-11H2,1-5H3,(H,17,19). The molecule has 1 saturated heterocycles. The molecule has 21 heavy (non-hydrogen) atoms. The van der Waals surface area contributed by atoms with E-state index < -0.39 is 0 Å². The Morgan fingerprint density at radius 3 is 2.29 bits per heavy atom. The van der Waals surface area contributed by atoms with E-state index in [0.29, 0.717) is 26.0 Å². The zero-order chi connectivity index (χ0) is 16.0. The predicted molar refractivity (Wildman–Crippen MR) is 83.0 cm³/mol. The molecular formula is C16H30N2O3. The minimum Gasteiger partial charge on any atom is -0.374 e. The summed E-state index contributed by atoms with van der Waals surface area (Å²) in [7, 11) is 0. The summed E-state index contributed by atoms with van der Waals surface area (Å²) in [5.74, 6) is 0.0121. The molecule has 1 N–H and O–H groups in total. The van der Waals surface area contributed by atoms with Gasteiger partial charge in [-0.1, -0.05) is 26.7 Å². The van der Waals surface area contributed by atoms with E-state index in [4.69, 9.17) is 4.74 Å². The highest BCUT2D eigenvalue weighted by Gasteiger charge is 2.39. The summed E-state index contributed by atoms with van der Waals surface area (Å²) in [6, 6.07) is -0.718. The van der Waals surface area contributed by atoms with E-state index in [0.717, 1.165) is 12.8 Å². The molecule has 0 aliphatic carbocycles. The van der Waals surface area contributed by atoms with Crippen LogP contribution in [0.4, 0.5) is 0 Å². The van der Waals surface area contributed by atoms with Crippen molar-refractivity contribution in [3.63, 3.8) is 0 Å². The Hall–Kier alpha value is -1.10. The van der Waals surface area contributed by atoms with Crippen LogP contribution in [0.15, 0.2) is 0 Å². The third kappa shape index (κ3) is 5.30. The fourth-order valence-corrected chi connectivity index (χ4v) is 2.59. The summed E-state index contributed by atoms with van der Waals surface area (Å²) in [5.41, 5.74) is -0.232. The smallest absolute Gasteiger partial charge is 0.245 e. The van der Waals surface area contributed by atoms with Gasteiger partial charge in [-0.3, -0.25) is 9.59 Å². The van der Waals surface area contributed by atoms with Crippen LogP contribution in [0, 0.1) is 0 Å². The first-order chi connectivity index (χ1) is 9.80. The fourth-order valence-electron chi connectivity index (χ4n) is 2.59. The Morgan fingerprint density at radius 2 is 1.76 bits per heavy atom. The molecule has 122 valence electrons. The molecule has 1 rings (SSSR count). The summed E-state index contributed by atoms with van der Waals surface area (Å²) in [5, 5.41) is 2.87. The highest BCUT2D eigenvalue weighted by Crippen LogP contribution is 2.17. The van der Waals surface area contributed by atoms with Crippen LogP contribution in [-0.4, -0.2) is 47.6 Å². The number of amides is 2. The molecule has 1 fully saturated rings. The summed E-state index contributed by atoms with van der Waals surface area (Å²) in [4.78, 5) is 26.5. The lowest BCUT2D eigenvalue weighted by molar-refractivity contribution is -0.151. The van der Waals surface area contributed by atoms with Crippen molar-refractivity contribution < 1.29 is 14.3 Å². The Bertz CT molecular complexity index is 363. The summed E-state index contributed by atoms with van der Waals surface area (Å²) in [6.45, 7) is 10.9. The second-order valence-corrected chi connectivity index (χ2v) is 6.65. The Labute approximate surface area is 128 Å². The average Bonchev–Trinajstić information content (AvgIpc) is 2.37. The first kappa shape index (κ1) is 18.0. The SMILES string of the molecule is CCCC1NC(=O)C(CCC)N(CCOC(C)(C)C)C1=O. The lowest BCUT2D eigenvalue weighted by Gasteiger charge is -2.39. The normalized spacial score (nSPS) is 23.4. The van der Waals surface area contributed by atoms with Crippen LogP contribution < -0.4 is 5.32 Å². The third-order valence-corrected chi connectivity index (χ3v) is 3.58. The van der Waals surface area contributed by atoms with Gasteiger partial charge in [-0.25, -0.2) is 0 Å². The van der Waals surface area contributed by atoms with Crippen molar-refractivity contribution in [2.24, 2.45) is 0 Å². The number of hydrogen-bond donors (Lipinski definition) is 1. The second-order valence-electron chi connectivity index (χ2n) is 6.65. The quantitative estimate of drug-likeness (QED) is 0.783. The molecule has 2 unspecified atom stereocenters. The fraction of sp³-hybridized carbons (Fsp3) is 0.875. The van der Waals surface area contributed by atoms with Crippen LogP contribution >= 0.6 is 0 Å². The van der Waals surface area contributed by atoms with Crippen LogP contribution in [0.1, 0.15) is 60.3 Å². The molecule has 0 radical (unpaired) electrons. The zero-order valence-electron chi connectivity index (χ0n) is 14.1. The summed E-state index contributed by atoms with van der Waals surface area (Å²) in [6.07, 6.45) is 3.15. The van der Waals surface area contributed by atoms with E-state index in [1.54, 1.807) is 4.90 Å². The number of ether oxygens (including phenoxy) is 1. The summed E-state index contributed by atoms with van der Waals surface area (Å²) < 4.78 is 5.71. The van der Waals surface area contributed by atoms with Crippen LogP contribution in [0.2, 0.25) is 0 Å². The molecule has 5 heteroatoms. The van der Waals surface area contributed by atoms with E-state index in [2.05, 4.69) is 5.32 Å². The number of nitrogens with zero attached hydrogens (tertiary/aromatic N) is 1. The van der Waals surface area contributed by atoms with Crippen molar-refractivity contribution >= 4 is 11.8 Å². The van der Waals surface area contributed by atoms with Gasteiger partial charge in [-0.05, 0) is 33.6 Å². The van der Waals surface area contributed by atoms with Gasteiger partial charge in [0.15, 0.2) is 0 Å². The number of rotatable bonds is 7. The van der Waals surface area contributed by atoms with E-state index in [1.807, 2.05) is 34.6 Å². The van der Waals surface area contributed by atoms with E-state index in [9.17, 15) is 9.59 Å². The highest BCUT2D eigenvalue weighted by molar-refractivity contribution is 5.96. The minimum atomic E-state index is -0.370. The Kier molecular flexibility index (Phi) is 6.65. The van der Waals surface area contributed by atoms with Crippen LogP contribution in [-0.2, 0) is 14.3 Å². The topological polar surface area (TPSA) is 58.6 Å². The first-order valence-corrected chi connectivity index (χ1v) is 8.05. The lowest BCUT2D eigenvalue weighted by Crippen LogP contribution is -2.63. The largest absolute Gasteiger partial charge is 0.374 e. The average molecular weight is 298 g/mol.